The normalized spacial score (nSPS) is 11.5. The van der Waals surface area contributed by atoms with E-state index in [4.69, 9.17) is 0 Å². The molecule has 0 aromatic heterocycles. The lowest BCUT2D eigenvalue weighted by Crippen LogP contribution is -2.20. The van der Waals surface area contributed by atoms with Crippen molar-refractivity contribution in [3.05, 3.63) is 0 Å². The van der Waals surface area contributed by atoms with E-state index in [0.29, 0.717) is 0 Å². The summed E-state index contributed by atoms with van der Waals surface area (Å²) in [5.41, 5.74) is 0. The fourth-order valence-electron chi connectivity index (χ4n) is 0.441. The number of carbonyl (C=O) groups excluding carboxylic acids is 2. The van der Waals surface area contributed by atoms with Crippen LogP contribution in [0.25, 0.3) is 0 Å². The topological polar surface area (TPSA) is 61.8 Å². The summed E-state index contributed by atoms with van der Waals surface area (Å²) < 4.78 is 13.0. The van der Waals surface area contributed by atoms with Crippen molar-refractivity contribution in [1.29, 1.82) is 0 Å². The number of esters is 1. The Hall–Kier alpha value is -1.26. The average molecular weight is 162 g/mol. The van der Waals surface area contributed by atoms with Crippen LogP contribution in [0.3, 0.4) is 0 Å². The Morgan fingerprint density at radius 2 is 1.82 bits per heavy atom. The Morgan fingerprint density at radius 3 is 2.18 bits per heavy atom. The van der Waals surface area contributed by atoms with Crippen LogP contribution in [-0.2, 0) is 19.0 Å². The van der Waals surface area contributed by atoms with E-state index in [1.165, 1.54) is 21.0 Å². The number of hydrogen-bond acceptors (Lipinski definition) is 5. The minimum Gasteiger partial charge on any atom is -0.438 e. The Morgan fingerprint density at radius 1 is 1.27 bits per heavy atom. The van der Waals surface area contributed by atoms with Crippen LogP contribution in [0.4, 0.5) is 4.79 Å². The number of ether oxygens (including phenoxy) is 3. The lowest BCUT2D eigenvalue weighted by atomic mass is 10.7. The van der Waals surface area contributed by atoms with Gasteiger partial charge in [-0.3, -0.25) is 4.79 Å². The lowest BCUT2D eigenvalue weighted by Gasteiger charge is -2.10. The number of hydrogen-bond donors (Lipinski definition) is 0. The van der Waals surface area contributed by atoms with Crippen molar-refractivity contribution < 1.29 is 23.8 Å². The Bertz CT molecular complexity index is 153. The molecule has 64 valence electrons. The molecule has 5 heteroatoms. The molecule has 0 rings (SSSR count). The van der Waals surface area contributed by atoms with Gasteiger partial charge in [0.1, 0.15) is 0 Å². The predicted molar refractivity (Wildman–Crippen MR) is 34.7 cm³/mol. The third-order valence-electron chi connectivity index (χ3n) is 0.761. The van der Waals surface area contributed by atoms with Crippen molar-refractivity contribution in [2.75, 3.05) is 7.11 Å². The molecule has 0 aliphatic heterocycles. The third kappa shape index (κ3) is 5.20. The maximum absolute atomic E-state index is 10.4. The molecule has 0 saturated heterocycles. The van der Waals surface area contributed by atoms with Crippen LogP contribution >= 0.6 is 0 Å². The van der Waals surface area contributed by atoms with E-state index in [1.54, 1.807) is 0 Å². The zero-order valence-electron chi connectivity index (χ0n) is 6.62. The highest BCUT2D eigenvalue weighted by molar-refractivity contribution is 5.66. The van der Waals surface area contributed by atoms with Crippen molar-refractivity contribution in [1.82, 2.24) is 0 Å². The van der Waals surface area contributed by atoms with Crippen molar-refractivity contribution in [3.8, 4) is 0 Å². The van der Waals surface area contributed by atoms with Gasteiger partial charge in [-0.25, -0.2) is 4.79 Å². The number of carbonyl (C=O) groups is 2. The smallest absolute Gasteiger partial charge is 0.438 e. The van der Waals surface area contributed by atoms with Gasteiger partial charge < -0.3 is 14.2 Å². The van der Waals surface area contributed by atoms with Gasteiger partial charge in [0.05, 0.1) is 7.11 Å². The lowest BCUT2D eigenvalue weighted by molar-refractivity contribution is -0.164. The maximum atomic E-state index is 10.4. The molecule has 0 bridgehead atoms. The van der Waals surface area contributed by atoms with E-state index >= 15 is 0 Å². The molecule has 0 aromatic rings. The van der Waals surface area contributed by atoms with Gasteiger partial charge in [-0.05, 0) is 0 Å². The standard InChI is InChI=1S/C6H10O5/c1-4(7)10-5(2)11-6(8)9-3/h5H,1-3H3/t5-/m0/s1. The summed E-state index contributed by atoms with van der Waals surface area (Å²) in [5.74, 6) is -0.513. The van der Waals surface area contributed by atoms with Crippen LogP contribution in [0.15, 0.2) is 0 Å². The molecule has 0 spiro atoms. The van der Waals surface area contributed by atoms with E-state index in [0.717, 1.165) is 0 Å². The molecule has 0 radical (unpaired) electrons. The third-order valence-corrected chi connectivity index (χ3v) is 0.761. The van der Waals surface area contributed by atoms with Gasteiger partial charge >= 0.3 is 12.1 Å². The fourth-order valence-corrected chi connectivity index (χ4v) is 0.441. The fraction of sp³-hybridized carbons (Fsp3) is 0.667. The van der Waals surface area contributed by atoms with Gasteiger partial charge in [0.25, 0.3) is 0 Å². The molecule has 0 saturated carbocycles. The molecule has 0 heterocycles. The Labute approximate surface area is 64.2 Å². The molecular formula is C6H10O5. The second kappa shape index (κ2) is 4.54. The van der Waals surface area contributed by atoms with Crippen LogP contribution in [0.5, 0.6) is 0 Å². The van der Waals surface area contributed by atoms with Gasteiger partial charge in [0.2, 0.25) is 6.29 Å². The van der Waals surface area contributed by atoms with Crippen molar-refractivity contribution >= 4 is 12.1 Å². The highest BCUT2D eigenvalue weighted by Crippen LogP contribution is 1.95. The summed E-state index contributed by atoms with van der Waals surface area (Å²) >= 11 is 0. The Kier molecular flexibility index (Phi) is 4.02. The minimum absolute atomic E-state index is 0.513. The summed E-state index contributed by atoms with van der Waals surface area (Å²) in [6.07, 6.45) is -1.78. The largest absolute Gasteiger partial charge is 0.511 e. The zero-order valence-corrected chi connectivity index (χ0v) is 6.62. The van der Waals surface area contributed by atoms with Gasteiger partial charge in [0.15, 0.2) is 0 Å². The monoisotopic (exact) mass is 162 g/mol. The molecule has 0 N–H and O–H groups in total. The van der Waals surface area contributed by atoms with E-state index in [2.05, 4.69) is 14.2 Å². The molecule has 5 nitrogen and oxygen atoms in total. The van der Waals surface area contributed by atoms with E-state index in [1.807, 2.05) is 0 Å². The van der Waals surface area contributed by atoms with Gasteiger partial charge in [0, 0.05) is 13.8 Å². The number of rotatable bonds is 2. The first kappa shape index (κ1) is 9.74. The van der Waals surface area contributed by atoms with Gasteiger partial charge in [-0.2, -0.15) is 0 Å². The maximum Gasteiger partial charge on any atom is 0.511 e. The second-order valence-corrected chi connectivity index (χ2v) is 1.75. The summed E-state index contributed by atoms with van der Waals surface area (Å²) in [7, 11) is 1.17. The first-order valence-corrected chi connectivity index (χ1v) is 2.98. The second-order valence-electron chi connectivity index (χ2n) is 1.75. The van der Waals surface area contributed by atoms with Crippen LogP contribution < -0.4 is 0 Å². The molecule has 0 aromatic carbocycles. The molecule has 0 amide bonds. The molecule has 1 atom stereocenters. The predicted octanol–water partition coefficient (Wildman–Crippen LogP) is 0.678. The van der Waals surface area contributed by atoms with Crippen molar-refractivity contribution in [2.45, 2.75) is 20.1 Å². The molecule has 0 aliphatic carbocycles. The molecule has 0 fully saturated rings. The van der Waals surface area contributed by atoms with Gasteiger partial charge in [-0.1, -0.05) is 0 Å². The molecule has 11 heavy (non-hydrogen) atoms. The molecular weight excluding hydrogens is 152 g/mol. The summed E-state index contributed by atoms with van der Waals surface area (Å²) in [6.45, 7) is 2.63. The SMILES string of the molecule is COC(=O)O[C@@H](C)OC(C)=O. The minimum atomic E-state index is -0.903. The quantitative estimate of drug-likeness (QED) is 0.441. The molecule has 0 unspecified atom stereocenters. The zero-order chi connectivity index (χ0) is 8.85. The Balaban J connectivity index is 3.60. The summed E-state index contributed by atoms with van der Waals surface area (Å²) in [4.78, 5) is 20.6. The van der Waals surface area contributed by atoms with Crippen LogP contribution in [0.2, 0.25) is 0 Å². The van der Waals surface area contributed by atoms with Crippen molar-refractivity contribution in [3.63, 3.8) is 0 Å². The first-order chi connectivity index (χ1) is 5.06. The molecule has 0 aliphatic rings. The van der Waals surface area contributed by atoms with Gasteiger partial charge in [-0.15, -0.1) is 0 Å². The average Bonchev–Trinajstić information content (AvgIpc) is 1.85. The van der Waals surface area contributed by atoms with Crippen LogP contribution in [0, 0.1) is 0 Å². The highest BCUT2D eigenvalue weighted by Gasteiger charge is 2.10. The van der Waals surface area contributed by atoms with E-state index in [9.17, 15) is 9.59 Å². The summed E-state index contributed by atoms with van der Waals surface area (Å²) in [5, 5.41) is 0. The number of methoxy groups -OCH3 is 1. The van der Waals surface area contributed by atoms with Crippen LogP contribution in [-0.4, -0.2) is 25.5 Å². The van der Waals surface area contributed by atoms with E-state index in [-0.39, 0.29) is 0 Å². The van der Waals surface area contributed by atoms with Crippen molar-refractivity contribution in [2.24, 2.45) is 0 Å². The highest BCUT2D eigenvalue weighted by atomic mass is 16.8. The summed E-state index contributed by atoms with van der Waals surface area (Å²) in [6, 6.07) is 0. The first-order valence-electron chi connectivity index (χ1n) is 2.98. The van der Waals surface area contributed by atoms with E-state index < -0.39 is 18.4 Å². The van der Waals surface area contributed by atoms with Crippen LogP contribution in [0.1, 0.15) is 13.8 Å².